The van der Waals surface area contributed by atoms with Crippen molar-refractivity contribution in [2.24, 2.45) is 10.2 Å². The summed E-state index contributed by atoms with van der Waals surface area (Å²) in [6.45, 7) is 3.91. The number of azo groups is 1. The van der Waals surface area contributed by atoms with E-state index in [1.807, 2.05) is 38.1 Å². The maximum absolute atomic E-state index is 12.2. The third-order valence-electron chi connectivity index (χ3n) is 4.95. The molecule has 0 atom stereocenters. The number of ether oxygens (including phenoxy) is 2. The number of carbonyl (C=O) groups is 2. The Kier molecular flexibility index (Phi) is 6.89. The van der Waals surface area contributed by atoms with E-state index in [1.54, 1.807) is 72.8 Å². The van der Waals surface area contributed by atoms with Crippen LogP contribution in [0, 0.1) is 13.8 Å². The highest BCUT2D eigenvalue weighted by Gasteiger charge is 2.09. The molecule has 6 nitrogen and oxygen atoms in total. The van der Waals surface area contributed by atoms with Gasteiger partial charge in [-0.15, -0.1) is 0 Å². The molecule has 0 fully saturated rings. The molecule has 4 aromatic carbocycles. The van der Waals surface area contributed by atoms with Gasteiger partial charge in [-0.05, 0) is 86.6 Å². The van der Waals surface area contributed by atoms with Gasteiger partial charge < -0.3 is 9.47 Å². The molecule has 0 saturated carbocycles. The van der Waals surface area contributed by atoms with Crippen LogP contribution in [0.4, 0.5) is 11.4 Å². The molecule has 0 bridgehead atoms. The van der Waals surface area contributed by atoms with Crippen molar-refractivity contribution >= 4 is 23.3 Å². The number of nitrogens with zero attached hydrogens (tertiary/aromatic N) is 2. The molecule has 0 radical (unpaired) electrons. The van der Waals surface area contributed by atoms with E-state index in [0.29, 0.717) is 34.0 Å². The van der Waals surface area contributed by atoms with Gasteiger partial charge >= 0.3 is 11.9 Å². The number of aryl methyl sites for hydroxylation is 2. The van der Waals surface area contributed by atoms with Crippen molar-refractivity contribution in [3.05, 3.63) is 119 Å². The molecule has 0 aliphatic heterocycles. The molecule has 0 aromatic heterocycles. The molecule has 0 amide bonds. The van der Waals surface area contributed by atoms with Crippen LogP contribution >= 0.6 is 0 Å². The van der Waals surface area contributed by atoms with Gasteiger partial charge in [0.25, 0.3) is 0 Å². The SMILES string of the molecule is Cc1ccc(C(=O)Oc2ccc(N=Nc3ccc(OC(=O)c4ccc(C)cc4)cc3)cc2)cc1. The summed E-state index contributed by atoms with van der Waals surface area (Å²) in [5.74, 6) is 0.00336. The third kappa shape index (κ3) is 6.01. The number of carbonyl (C=O) groups excluding carboxylic acids is 2. The lowest BCUT2D eigenvalue weighted by Gasteiger charge is -2.05. The van der Waals surface area contributed by atoms with E-state index < -0.39 is 11.9 Å². The monoisotopic (exact) mass is 450 g/mol. The van der Waals surface area contributed by atoms with Crippen LogP contribution in [-0.2, 0) is 0 Å². The Morgan fingerprint density at radius 3 is 1.15 bits per heavy atom. The van der Waals surface area contributed by atoms with Crippen molar-refractivity contribution in [3.8, 4) is 11.5 Å². The van der Waals surface area contributed by atoms with Crippen LogP contribution < -0.4 is 9.47 Å². The Balaban J connectivity index is 1.33. The number of hydrogen-bond donors (Lipinski definition) is 0. The van der Waals surface area contributed by atoms with E-state index in [9.17, 15) is 9.59 Å². The zero-order valence-corrected chi connectivity index (χ0v) is 18.8. The molecular weight excluding hydrogens is 428 g/mol. The molecule has 4 aromatic rings. The highest BCUT2D eigenvalue weighted by molar-refractivity contribution is 5.91. The first kappa shape index (κ1) is 22.6. The zero-order valence-electron chi connectivity index (χ0n) is 18.8. The van der Waals surface area contributed by atoms with E-state index in [0.717, 1.165) is 11.1 Å². The van der Waals surface area contributed by atoms with Crippen molar-refractivity contribution in [1.82, 2.24) is 0 Å². The van der Waals surface area contributed by atoms with Crippen molar-refractivity contribution in [3.63, 3.8) is 0 Å². The average molecular weight is 450 g/mol. The minimum atomic E-state index is -0.419. The standard InChI is InChI=1S/C28H22N2O4/c1-19-3-7-21(8-4-19)27(31)33-25-15-11-23(12-16-25)29-30-24-13-17-26(18-14-24)34-28(32)22-9-5-20(2)6-10-22/h3-18H,1-2H3. The van der Waals surface area contributed by atoms with Crippen LogP contribution in [0.15, 0.2) is 107 Å². The van der Waals surface area contributed by atoms with Crippen molar-refractivity contribution in [1.29, 1.82) is 0 Å². The quantitative estimate of drug-likeness (QED) is 0.177. The Hall–Kier alpha value is -4.58. The Morgan fingerprint density at radius 2 is 0.824 bits per heavy atom. The van der Waals surface area contributed by atoms with E-state index in [4.69, 9.17) is 9.47 Å². The smallest absolute Gasteiger partial charge is 0.343 e. The predicted molar refractivity (Wildman–Crippen MR) is 129 cm³/mol. The largest absolute Gasteiger partial charge is 0.423 e. The van der Waals surface area contributed by atoms with Gasteiger partial charge in [0.1, 0.15) is 11.5 Å². The zero-order chi connectivity index (χ0) is 23.9. The second kappa shape index (κ2) is 10.4. The lowest BCUT2D eigenvalue weighted by molar-refractivity contribution is 0.0725. The Bertz CT molecular complexity index is 1200. The summed E-state index contributed by atoms with van der Waals surface area (Å²) >= 11 is 0. The van der Waals surface area contributed by atoms with E-state index >= 15 is 0 Å². The molecule has 0 saturated heterocycles. The first-order valence-corrected chi connectivity index (χ1v) is 10.7. The molecule has 4 rings (SSSR count). The van der Waals surface area contributed by atoms with Gasteiger partial charge in [0.15, 0.2) is 0 Å². The van der Waals surface area contributed by atoms with Crippen molar-refractivity contribution in [2.45, 2.75) is 13.8 Å². The third-order valence-corrected chi connectivity index (χ3v) is 4.95. The molecule has 0 N–H and O–H groups in total. The van der Waals surface area contributed by atoms with Crippen LogP contribution in [0.25, 0.3) is 0 Å². The van der Waals surface area contributed by atoms with Gasteiger partial charge in [-0.3, -0.25) is 0 Å². The second-order valence-corrected chi connectivity index (χ2v) is 7.70. The molecule has 0 aliphatic carbocycles. The second-order valence-electron chi connectivity index (χ2n) is 7.70. The van der Waals surface area contributed by atoms with Gasteiger partial charge in [-0.25, -0.2) is 9.59 Å². The minimum Gasteiger partial charge on any atom is -0.423 e. The number of hydrogen-bond acceptors (Lipinski definition) is 6. The Morgan fingerprint density at radius 1 is 0.500 bits per heavy atom. The van der Waals surface area contributed by atoms with Crippen LogP contribution in [0.5, 0.6) is 11.5 Å². The van der Waals surface area contributed by atoms with E-state index in [-0.39, 0.29) is 0 Å². The maximum Gasteiger partial charge on any atom is 0.343 e. The molecule has 34 heavy (non-hydrogen) atoms. The van der Waals surface area contributed by atoms with Crippen LogP contribution in [-0.4, -0.2) is 11.9 Å². The summed E-state index contributed by atoms with van der Waals surface area (Å²) in [6, 6.07) is 27.8. The van der Waals surface area contributed by atoms with Gasteiger partial charge in [0, 0.05) is 0 Å². The summed E-state index contributed by atoms with van der Waals surface area (Å²) in [5, 5.41) is 8.38. The summed E-state index contributed by atoms with van der Waals surface area (Å²) in [4.78, 5) is 24.4. The van der Waals surface area contributed by atoms with Crippen molar-refractivity contribution < 1.29 is 19.1 Å². The normalized spacial score (nSPS) is 10.8. The van der Waals surface area contributed by atoms with E-state index in [2.05, 4.69) is 10.2 Å². The maximum atomic E-state index is 12.2. The summed E-state index contributed by atoms with van der Waals surface area (Å²) in [5.41, 5.74) is 4.33. The fraction of sp³-hybridized carbons (Fsp3) is 0.0714. The van der Waals surface area contributed by atoms with Crippen LogP contribution in [0.3, 0.4) is 0 Å². The lowest BCUT2D eigenvalue weighted by atomic mass is 10.1. The first-order valence-electron chi connectivity index (χ1n) is 10.7. The lowest BCUT2D eigenvalue weighted by Crippen LogP contribution is -2.08. The molecule has 0 spiro atoms. The van der Waals surface area contributed by atoms with Gasteiger partial charge in [0.05, 0.1) is 22.5 Å². The van der Waals surface area contributed by atoms with Gasteiger partial charge in [-0.1, -0.05) is 35.4 Å². The highest BCUT2D eigenvalue weighted by Crippen LogP contribution is 2.24. The molecule has 0 aliphatic rings. The number of rotatable bonds is 6. The van der Waals surface area contributed by atoms with Gasteiger partial charge in [-0.2, -0.15) is 10.2 Å². The summed E-state index contributed by atoms with van der Waals surface area (Å²) in [7, 11) is 0. The number of esters is 2. The van der Waals surface area contributed by atoms with Crippen molar-refractivity contribution in [2.75, 3.05) is 0 Å². The van der Waals surface area contributed by atoms with Crippen LogP contribution in [0.1, 0.15) is 31.8 Å². The highest BCUT2D eigenvalue weighted by atomic mass is 16.5. The molecule has 0 heterocycles. The van der Waals surface area contributed by atoms with Gasteiger partial charge in [0.2, 0.25) is 0 Å². The van der Waals surface area contributed by atoms with Crippen LogP contribution in [0.2, 0.25) is 0 Å². The molecule has 168 valence electrons. The predicted octanol–water partition coefficient (Wildman–Crippen LogP) is 7.16. The first-order chi connectivity index (χ1) is 16.5. The molecular formula is C28H22N2O4. The fourth-order valence-corrected chi connectivity index (χ4v) is 2.99. The topological polar surface area (TPSA) is 77.3 Å². The minimum absolute atomic E-state index is 0.419. The molecule has 6 heteroatoms. The average Bonchev–Trinajstić information content (AvgIpc) is 2.85. The fourth-order valence-electron chi connectivity index (χ4n) is 2.99. The summed E-state index contributed by atoms with van der Waals surface area (Å²) < 4.78 is 10.8. The molecule has 0 unspecified atom stereocenters. The van der Waals surface area contributed by atoms with E-state index in [1.165, 1.54) is 0 Å². The Labute approximate surface area is 197 Å². The summed E-state index contributed by atoms with van der Waals surface area (Å²) in [6.07, 6.45) is 0. The number of benzene rings is 4.